The monoisotopic (exact) mass is 428 g/mol. The Balaban J connectivity index is 1.69. The Labute approximate surface area is 177 Å². The second-order valence-electron chi connectivity index (χ2n) is 7.52. The minimum absolute atomic E-state index is 0.0822. The van der Waals surface area contributed by atoms with Gasteiger partial charge in [-0.2, -0.15) is 0 Å². The number of hydrogen-bond acceptors (Lipinski definition) is 4. The summed E-state index contributed by atoms with van der Waals surface area (Å²) in [6.07, 6.45) is 2.86. The van der Waals surface area contributed by atoms with Crippen molar-refractivity contribution in [2.24, 2.45) is 7.05 Å². The van der Waals surface area contributed by atoms with E-state index in [4.69, 9.17) is 0 Å². The second kappa shape index (κ2) is 8.97. The highest BCUT2D eigenvalue weighted by molar-refractivity contribution is 7.89. The molecule has 0 aliphatic rings. The van der Waals surface area contributed by atoms with Gasteiger partial charge < -0.3 is 9.88 Å². The van der Waals surface area contributed by atoms with E-state index in [-0.39, 0.29) is 17.2 Å². The molecule has 0 fully saturated rings. The third-order valence-corrected chi connectivity index (χ3v) is 6.89. The fourth-order valence-corrected chi connectivity index (χ4v) is 4.24. The number of rotatable bonds is 8. The van der Waals surface area contributed by atoms with Crippen LogP contribution in [0.5, 0.6) is 0 Å². The van der Waals surface area contributed by atoms with E-state index in [2.05, 4.69) is 17.2 Å². The van der Waals surface area contributed by atoms with Crippen LogP contribution < -0.4 is 5.32 Å². The van der Waals surface area contributed by atoms with Crippen LogP contribution in [-0.4, -0.2) is 42.3 Å². The molecule has 3 rings (SSSR count). The van der Waals surface area contributed by atoms with Crippen LogP contribution in [0.1, 0.15) is 31.2 Å². The number of aryl methyl sites for hydroxylation is 3. The van der Waals surface area contributed by atoms with E-state index in [0.29, 0.717) is 11.9 Å². The first-order valence-electron chi connectivity index (χ1n) is 9.99. The summed E-state index contributed by atoms with van der Waals surface area (Å²) in [7, 11) is 1.35. The summed E-state index contributed by atoms with van der Waals surface area (Å²) in [6, 6.07) is 12.8. The maximum absolute atomic E-state index is 12.4. The molecular weight excluding hydrogens is 400 g/mol. The molecule has 0 radical (unpaired) electrons. The molecule has 2 aromatic carbocycles. The summed E-state index contributed by atoms with van der Waals surface area (Å²) in [5.74, 6) is 0.652. The molecule has 1 N–H and O–H groups in total. The van der Waals surface area contributed by atoms with Crippen molar-refractivity contribution in [3.63, 3.8) is 0 Å². The maximum Gasteiger partial charge on any atom is 0.242 e. The van der Waals surface area contributed by atoms with Crippen LogP contribution in [0, 0.1) is 0 Å². The Kier molecular flexibility index (Phi) is 6.58. The van der Waals surface area contributed by atoms with Gasteiger partial charge in [-0.15, -0.1) is 0 Å². The summed E-state index contributed by atoms with van der Waals surface area (Å²) < 4.78 is 27.8. The molecule has 0 saturated heterocycles. The molecule has 30 heavy (non-hydrogen) atoms. The van der Waals surface area contributed by atoms with E-state index in [1.165, 1.54) is 24.0 Å². The summed E-state index contributed by atoms with van der Waals surface area (Å²) in [6.45, 7) is 2.14. The number of carbonyl (C=O) groups is 1. The molecule has 160 valence electrons. The van der Waals surface area contributed by atoms with Gasteiger partial charge >= 0.3 is 0 Å². The first-order chi connectivity index (χ1) is 14.2. The molecule has 0 unspecified atom stereocenters. The van der Waals surface area contributed by atoms with Gasteiger partial charge in [0.05, 0.1) is 15.9 Å². The number of amides is 1. The molecule has 0 aliphatic carbocycles. The number of benzene rings is 2. The average Bonchev–Trinajstić information content (AvgIpc) is 3.03. The van der Waals surface area contributed by atoms with Crippen LogP contribution in [0.25, 0.3) is 11.0 Å². The zero-order chi connectivity index (χ0) is 21.9. The predicted octanol–water partition coefficient (Wildman–Crippen LogP) is 3.35. The first-order valence-corrected chi connectivity index (χ1v) is 11.4. The molecule has 1 amide bonds. The Morgan fingerprint density at radius 3 is 2.43 bits per heavy atom. The van der Waals surface area contributed by atoms with Gasteiger partial charge in [0, 0.05) is 39.7 Å². The van der Waals surface area contributed by atoms with E-state index in [1.54, 1.807) is 18.2 Å². The van der Waals surface area contributed by atoms with Crippen molar-refractivity contribution in [2.75, 3.05) is 19.4 Å². The SMILES string of the molecule is CCCc1ccc(NC(=O)CCc2nc3cc(S(=O)(=O)N(C)C)ccc3n2C)cc1. The van der Waals surface area contributed by atoms with Crippen molar-refractivity contribution < 1.29 is 13.2 Å². The highest BCUT2D eigenvalue weighted by Gasteiger charge is 2.19. The van der Waals surface area contributed by atoms with Gasteiger partial charge in [-0.05, 0) is 42.3 Å². The fraction of sp³-hybridized carbons (Fsp3) is 0.364. The zero-order valence-electron chi connectivity index (χ0n) is 17.8. The van der Waals surface area contributed by atoms with Gasteiger partial charge in [0.2, 0.25) is 15.9 Å². The molecule has 1 aromatic heterocycles. The number of anilines is 1. The minimum Gasteiger partial charge on any atom is -0.331 e. The lowest BCUT2D eigenvalue weighted by Gasteiger charge is -2.10. The molecular formula is C22H28N4O3S. The predicted molar refractivity (Wildman–Crippen MR) is 119 cm³/mol. The third kappa shape index (κ3) is 4.71. The van der Waals surface area contributed by atoms with Gasteiger partial charge in [0.1, 0.15) is 5.82 Å². The van der Waals surface area contributed by atoms with E-state index in [0.717, 1.165) is 29.9 Å². The van der Waals surface area contributed by atoms with Crippen molar-refractivity contribution in [2.45, 2.75) is 37.5 Å². The van der Waals surface area contributed by atoms with Crippen molar-refractivity contribution in [1.82, 2.24) is 13.9 Å². The summed E-state index contributed by atoms with van der Waals surface area (Å²) in [5, 5.41) is 2.92. The molecule has 8 heteroatoms. The molecule has 0 bridgehead atoms. The zero-order valence-corrected chi connectivity index (χ0v) is 18.7. The molecule has 0 atom stereocenters. The van der Waals surface area contributed by atoms with Crippen LogP contribution in [0.15, 0.2) is 47.4 Å². The number of nitrogens with one attached hydrogen (secondary N) is 1. The van der Waals surface area contributed by atoms with Gasteiger partial charge in [-0.3, -0.25) is 4.79 Å². The number of nitrogens with zero attached hydrogens (tertiary/aromatic N) is 3. The van der Waals surface area contributed by atoms with E-state index < -0.39 is 10.0 Å². The number of fused-ring (bicyclic) bond motifs is 1. The third-order valence-electron chi connectivity index (χ3n) is 5.08. The smallest absolute Gasteiger partial charge is 0.242 e. The largest absolute Gasteiger partial charge is 0.331 e. The highest BCUT2D eigenvalue weighted by Crippen LogP contribution is 2.22. The maximum atomic E-state index is 12.4. The van der Waals surface area contributed by atoms with Gasteiger partial charge in [-0.1, -0.05) is 25.5 Å². The molecule has 7 nitrogen and oxygen atoms in total. The first kappa shape index (κ1) is 22.0. The molecule has 0 spiro atoms. The number of imidazole rings is 1. The van der Waals surface area contributed by atoms with Crippen LogP contribution in [0.2, 0.25) is 0 Å². The number of hydrogen-bond donors (Lipinski definition) is 1. The fourth-order valence-electron chi connectivity index (χ4n) is 3.32. The summed E-state index contributed by atoms with van der Waals surface area (Å²) >= 11 is 0. The lowest BCUT2D eigenvalue weighted by atomic mass is 10.1. The van der Waals surface area contributed by atoms with Gasteiger partial charge in [-0.25, -0.2) is 17.7 Å². The quantitative estimate of drug-likeness (QED) is 0.596. The molecule has 0 aliphatic heterocycles. The minimum atomic E-state index is -3.52. The number of sulfonamides is 1. The number of aromatic nitrogens is 2. The van der Waals surface area contributed by atoms with Crippen molar-refractivity contribution >= 4 is 32.7 Å². The molecule has 1 heterocycles. The lowest BCUT2D eigenvalue weighted by molar-refractivity contribution is -0.116. The Morgan fingerprint density at radius 2 is 1.80 bits per heavy atom. The molecule has 0 saturated carbocycles. The normalized spacial score (nSPS) is 11.9. The van der Waals surface area contributed by atoms with Crippen LogP contribution in [0.4, 0.5) is 5.69 Å². The topological polar surface area (TPSA) is 84.3 Å². The standard InChI is InChI=1S/C22H28N4O3S/c1-5-6-16-7-9-17(10-8-16)23-22(27)14-13-21-24-19-15-18(30(28,29)25(2)3)11-12-20(19)26(21)4/h7-12,15H,5-6,13-14H2,1-4H3,(H,23,27). The van der Waals surface area contributed by atoms with Gasteiger partial charge in [0.15, 0.2) is 0 Å². The van der Waals surface area contributed by atoms with E-state index in [1.807, 2.05) is 35.9 Å². The van der Waals surface area contributed by atoms with Gasteiger partial charge in [0.25, 0.3) is 0 Å². The Hall–Kier alpha value is -2.71. The van der Waals surface area contributed by atoms with Crippen LogP contribution in [0.3, 0.4) is 0 Å². The number of carbonyl (C=O) groups excluding carboxylic acids is 1. The van der Waals surface area contributed by atoms with Crippen molar-refractivity contribution in [3.8, 4) is 0 Å². The van der Waals surface area contributed by atoms with Crippen molar-refractivity contribution in [3.05, 3.63) is 53.9 Å². The summed E-state index contributed by atoms with van der Waals surface area (Å²) in [4.78, 5) is 17.1. The van der Waals surface area contributed by atoms with Crippen LogP contribution >= 0.6 is 0 Å². The summed E-state index contributed by atoms with van der Waals surface area (Å²) in [5.41, 5.74) is 3.46. The lowest BCUT2D eigenvalue weighted by Crippen LogP contribution is -2.22. The highest BCUT2D eigenvalue weighted by atomic mass is 32.2. The van der Waals surface area contributed by atoms with Crippen LogP contribution in [-0.2, 0) is 34.7 Å². The Morgan fingerprint density at radius 1 is 1.10 bits per heavy atom. The Bertz CT molecular complexity index is 1150. The second-order valence-corrected chi connectivity index (χ2v) is 9.67. The molecule has 3 aromatic rings. The van der Waals surface area contributed by atoms with Crippen molar-refractivity contribution in [1.29, 1.82) is 0 Å². The average molecular weight is 429 g/mol. The van der Waals surface area contributed by atoms with E-state index in [9.17, 15) is 13.2 Å². The van der Waals surface area contributed by atoms with E-state index >= 15 is 0 Å².